The number of thiazole rings is 1. The zero-order chi connectivity index (χ0) is 17.1. The molecule has 0 spiro atoms. The highest BCUT2D eigenvalue weighted by atomic mass is 32.1. The number of hydrogen-bond donors (Lipinski definition) is 2. The second-order valence-electron chi connectivity index (χ2n) is 5.32. The van der Waals surface area contributed by atoms with Crippen LogP contribution in [0, 0.1) is 0 Å². The monoisotopic (exact) mass is 347 g/mol. The lowest BCUT2D eigenvalue weighted by molar-refractivity contribution is -0.114. The molecule has 1 atom stereocenters. The molecule has 7 nitrogen and oxygen atoms in total. The minimum atomic E-state index is -0.301. The van der Waals surface area contributed by atoms with Crippen LogP contribution >= 0.6 is 11.3 Å². The third kappa shape index (κ3) is 3.65. The predicted octanol–water partition coefficient (Wildman–Crippen LogP) is 2.36. The van der Waals surface area contributed by atoms with Gasteiger partial charge in [-0.3, -0.25) is 9.59 Å². The van der Waals surface area contributed by atoms with Crippen molar-refractivity contribution in [2.75, 3.05) is 18.5 Å². The van der Waals surface area contributed by atoms with Crippen LogP contribution in [0.2, 0.25) is 0 Å². The summed E-state index contributed by atoms with van der Waals surface area (Å²) in [6.07, 6.45) is 0. The van der Waals surface area contributed by atoms with Crippen molar-refractivity contribution in [3.8, 4) is 11.5 Å². The van der Waals surface area contributed by atoms with E-state index < -0.39 is 0 Å². The number of carbonyl (C=O) groups excluding carboxylic acids is 2. The summed E-state index contributed by atoms with van der Waals surface area (Å²) in [4.78, 5) is 27.4. The highest BCUT2D eigenvalue weighted by Gasteiger charge is 2.18. The maximum absolute atomic E-state index is 12.3. The fraction of sp³-hybridized carbons (Fsp3) is 0.312. The first-order valence-electron chi connectivity index (χ1n) is 7.46. The molecule has 0 radical (unpaired) electrons. The maximum Gasteiger partial charge on any atom is 0.271 e. The summed E-state index contributed by atoms with van der Waals surface area (Å²) in [5.74, 6) is 0.871. The molecule has 2 heterocycles. The van der Waals surface area contributed by atoms with Gasteiger partial charge >= 0.3 is 0 Å². The number of carbonyl (C=O) groups is 2. The average Bonchev–Trinajstić information content (AvgIpc) is 3.02. The third-order valence-electron chi connectivity index (χ3n) is 3.43. The number of aromatic nitrogens is 1. The topological polar surface area (TPSA) is 89.6 Å². The van der Waals surface area contributed by atoms with E-state index in [-0.39, 0.29) is 23.6 Å². The van der Waals surface area contributed by atoms with Gasteiger partial charge in [-0.25, -0.2) is 4.98 Å². The fourth-order valence-electron chi connectivity index (χ4n) is 2.27. The number of hydrogen-bond acceptors (Lipinski definition) is 6. The second-order valence-corrected chi connectivity index (χ2v) is 6.18. The Kier molecular flexibility index (Phi) is 4.66. The van der Waals surface area contributed by atoms with Crippen LogP contribution in [0.5, 0.6) is 11.5 Å². The Hall–Kier alpha value is -2.61. The van der Waals surface area contributed by atoms with Crippen molar-refractivity contribution in [1.82, 2.24) is 10.3 Å². The van der Waals surface area contributed by atoms with Crippen LogP contribution in [0.25, 0.3) is 0 Å². The van der Waals surface area contributed by atoms with Crippen LogP contribution in [0.4, 0.5) is 5.13 Å². The van der Waals surface area contributed by atoms with Gasteiger partial charge < -0.3 is 20.1 Å². The zero-order valence-electron chi connectivity index (χ0n) is 13.3. The van der Waals surface area contributed by atoms with Gasteiger partial charge in [0.15, 0.2) is 16.6 Å². The number of amides is 2. The Bertz CT molecular complexity index is 774. The van der Waals surface area contributed by atoms with Crippen molar-refractivity contribution in [2.24, 2.45) is 0 Å². The summed E-state index contributed by atoms with van der Waals surface area (Å²) < 4.78 is 11.0. The van der Waals surface area contributed by atoms with Crippen LogP contribution < -0.4 is 20.1 Å². The molecule has 2 aromatic rings. The average molecular weight is 347 g/mol. The van der Waals surface area contributed by atoms with E-state index in [0.29, 0.717) is 29.8 Å². The van der Waals surface area contributed by atoms with E-state index >= 15 is 0 Å². The quantitative estimate of drug-likeness (QED) is 0.886. The number of rotatable bonds is 4. The zero-order valence-corrected chi connectivity index (χ0v) is 14.1. The van der Waals surface area contributed by atoms with Crippen LogP contribution in [-0.4, -0.2) is 30.0 Å². The lowest BCUT2D eigenvalue weighted by Gasteiger charge is -2.21. The van der Waals surface area contributed by atoms with Gasteiger partial charge in [-0.1, -0.05) is 6.07 Å². The molecule has 0 aliphatic carbocycles. The molecule has 126 valence electrons. The normalized spacial score (nSPS) is 13.9. The first kappa shape index (κ1) is 16.3. The maximum atomic E-state index is 12.3. The van der Waals surface area contributed by atoms with Gasteiger partial charge in [0.2, 0.25) is 5.91 Å². The number of benzene rings is 1. The molecule has 2 N–H and O–H groups in total. The van der Waals surface area contributed by atoms with Crippen molar-refractivity contribution in [2.45, 2.75) is 19.9 Å². The van der Waals surface area contributed by atoms with E-state index in [9.17, 15) is 9.59 Å². The largest absolute Gasteiger partial charge is 0.486 e. The van der Waals surface area contributed by atoms with Crippen LogP contribution in [0.1, 0.15) is 35.9 Å². The first-order chi connectivity index (χ1) is 11.5. The molecule has 0 fully saturated rings. The van der Waals surface area contributed by atoms with E-state index in [2.05, 4.69) is 15.6 Å². The molecule has 0 bridgehead atoms. The molecule has 1 aromatic heterocycles. The van der Waals surface area contributed by atoms with Crippen LogP contribution in [0.15, 0.2) is 23.6 Å². The summed E-state index contributed by atoms with van der Waals surface area (Å²) in [7, 11) is 0. The van der Waals surface area contributed by atoms with E-state index in [4.69, 9.17) is 9.47 Å². The molecule has 1 aliphatic heterocycles. The van der Waals surface area contributed by atoms with Gasteiger partial charge in [0.25, 0.3) is 5.91 Å². The minimum Gasteiger partial charge on any atom is -0.486 e. The Morgan fingerprint density at radius 3 is 2.75 bits per heavy atom. The molecule has 1 aliphatic rings. The summed E-state index contributed by atoms with van der Waals surface area (Å²) in [5, 5.41) is 7.45. The highest BCUT2D eigenvalue weighted by molar-refractivity contribution is 7.14. The van der Waals surface area contributed by atoms with Crippen molar-refractivity contribution in [1.29, 1.82) is 0 Å². The molecule has 1 aromatic carbocycles. The predicted molar refractivity (Wildman–Crippen MR) is 89.7 cm³/mol. The van der Waals surface area contributed by atoms with Crippen molar-refractivity contribution >= 4 is 28.3 Å². The lowest BCUT2D eigenvalue weighted by Crippen LogP contribution is -2.27. The molecule has 3 rings (SSSR count). The second kappa shape index (κ2) is 6.88. The standard InChI is InChI=1S/C16H17N3O4S/c1-9(11-3-4-13-14(7-11)23-6-5-22-13)17-15(21)12-8-24-16(19-12)18-10(2)20/h3-4,7-9H,5-6H2,1-2H3,(H,17,21)(H,18,19,20)/t9-/m1/s1. The summed E-state index contributed by atoms with van der Waals surface area (Å²) in [6.45, 7) is 4.33. The summed E-state index contributed by atoms with van der Waals surface area (Å²) in [5.41, 5.74) is 1.18. The van der Waals surface area contributed by atoms with Gasteiger partial charge in [-0.2, -0.15) is 0 Å². The molecular weight excluding hydrogens is 330 g/mol. The highest BCUT2D eigenvalue weighted by Crippen LogP contribution is 2.32. The smallest absolute Gasteiger partial charge is 0.271 e. The van der Waals surface area contributed by atoms with E-state index in [0.717, 1.165) is 5.56 Å². The van der Waals surface area contributed by atoms with Crippen LogP contribution in [0.3, 0.4) is 0 Å². The number of nitrogens with one attached hydrogen (secondary N) is 2. The Morgan fingerprint density at radius 1 is 1.25 bits per heavy atom. The molecule has 2 amide bonds. The SMILES string of the molecule is CC(=O)Nc1nc(C(=O)N[C@H](C)c2ccc3c(c2)OCCO3)cs1. The number of fused-ring (bicyclic) bond motifs is 1. The van der Waals surface area contributed by atoms with Crippen molar-refractivity contribution in [3.63, 3.8) is 0 Å². The Morgan fingerprint density at radius 2 is 2.00 bits per heavy atom. The van der Waals surface area contributed by atoms with Crippen molar-refractivity contribution in [3.05, 3.63) is 34.8 Å². The molecule has 8 heteroatoms. The number of nitrogens with zero attached hydrogens (tertiary/aromatic N) is 1. The molecule has 0 saturated carbocycles. The number of anilines is 1. The minimum absolute atomic E-state index is 0.221. The molecule has 0 unspecified atom stereocenters. The summed E-state index contributed by atoms with van der Waals surface area (Å²) >= 11 is 1.21. The van der Waals surface area contributed by atoms with Crippen molar-refractivity contribution < 1.29 is 19.1 Å². The summed E-state index contributed by atoms with van der Waals surface area (Å²) in [6, 6.07) is 5.37. The molecular formula is C16H17N3O4S. The Labute approximate surface area is 143 Å². The lowest BCUT2D eigenvalue weighted by atomic mass is 10.1. The van der Waals surface area contributed by atoms with Gasteiger partial charge in [-0.15, -0.1) is 11.3 Å². The number of ether oxygens (including phenoxy) is 2. The van der Waals surface area contributed by atoms with Crippen LogP contribution in [-0.2, 0) is 4.79 Å². The van der Waals surface area contributed by atoms with Gasteiger partial charge in [-0.05, 0) is 24.6 Å². The van der Waals surface area contributed by atoms with E-state index in [1.807, 2.05) is 25.1 Å². The first-order valence-corrected chi connectivity index (χ1v) is 8.34. The van der Waals surface area contributed by atoms with Gasteiger partial charge in [0, 0.05) is 12.3 Å². The van der Waals surface area contributed by atoms with Gasteiger partial charge in [0.05, 0.1) is 6.04 Å². The van der Waals surface area contributed by atoms with Gasteiger partial charge in [0.1, 0.15) is 18.9 Å². The van der Waals surface area contributed by atoms with E-state index in [1.165, 1.54) is 18.3 Å². The van der Waals surface area contributed by atoms with E-state index in [1.54, 1.807) is 5.38 Å². The fourth-order valence-corrected chi connectivity index (χ4v) is 3.01. The molecule has 0 saturated heterocycles. The Balaban J connectivity index is 1.67. The molecule has 24 heavy (non-hydrogen) atoms. The third-order valence-corrected chi connectivity index (χ3v) is 4.19.